The molecule has 0 saturated carbocycles. The predicted molar refractivity (Wildman–Crippen MR) is 52.1 cm³/mol. The zero-order valence-corrected chi connectivity index (χ0v) is 8.12. The van der Waals surface area contributed by atoms with Crippen molar-refractivity contribution >= 4 is 0 Å². The highest BCUT2D eigenvalue weighted by Crippen LogP contribution is 2.29. The Morgan fingerprint density at radius 1 is 1.31 bits per heavy atom. The van der Waals surface area contributed by atoms with Crippen LogP contribution in [0, 0.1) is 11.3 Å². The van der Waals surface area contributed by atoms with Gasteiger partial charge in [-0.25, -0.2) is 0 Å². The van der Waals surface area contributed by atoms with Crippen LogP contribution >= 0.6 is 0 Å². The standard InChI is InChI=1S/C11H14N2/c1-3-11(4-2,9-12)10-5-7-13-8-6-10/h5-8H,3-4H2,1-2H3. The average molecular weight is 174 g/mol. The van der Waals surface area contributed by atoms with E-state index < -0.39 is 0 Å². The van der Waals surface area contributed by atoms with Gasteiger partial charge in [-0.1, -0.05) is 13.8 Å². The predicted octanol–water partition coefficient (Wildman–Crippen LogP) is 2.66. The minimum Gasteiger partial charge on any atom is -0.265 e. The van der Waals surface area contributed by atoms with Crippen LogP contribution in [0.3, 0.4) is 0 Å². The van der Waals surface area contributed by atoms with Gasteiger partial charge in [0.15, 0.2) is 0 Å². The van der Waals surface area contributed by atoms with Crippen molar-refractivity contribution in [3.63, 3.8) is 0 Å². The second-order valence-corrected chi connectivity index (χ2v) is 3.14. The third kappa shape index (κ3) is 1.70. The highest BCUT2D eigenvalue weighted by atomic mass is 14.6. The van der Waals surface area contributed by atoms with Crippen molar-refractivity contribution in [2.45, 2.75) is 32.1 Å². The zero-order chi connectivity index (χ0) is 9.73. The van der Waals surface area contributed by atoms with Crippen molar-refractivity contribution in [3.05, 3.63) is 30.1 Å². The van der Waals surface area contributed by atoms with E-state index in [1.807, 2.05) is 26.0 Å². The van der Waals surface area contributed by atoms with E-state index in [-0.39, 0.29) is 5.41 Å². The molecule has 0 aliphatic rings. The van der Waals surface area contributed by atoms with E-state index in [0.29, 0.717) is 0 Å². The molecule has 1 aromatic heterocycles. The first kappa shape index (κ1) is 9.73. The number of hydrogen-bond donors (Lipinski definition) is 0. The molecule has 0 spiro atoms. The summed E-state index contributed by atoms with van der Waals surface area (Å²) >= 11 is 0. The maximum Gasteiger partial charge on any atom is 0.0818 e. The Hall–Kier alpha value is -1.36. The quantitative estimate of drug-likeness (QED) is 0.706. The second-order valence-electron chi connectivity index (χ2n) is 3.14. The first-order valence-corrected chi connectivity index (χ1v) is 4.61. The number of nitrogens with zero attached hydrogens (tertiary/aromatic N) is 2. The molecule has 2 nitrogen and oxygen atoms in total. The Kier molecular flexibility index (Phi) is 3.02. The number of aromatic nitrogens is 1. The molecular formula is C11H14N2. The van der Waals surface area contributed by atoms with Gasteiger partial charge in [-0.3, -0.25) is 4.98 Å². The molecule has 2 heteroatoms. The van der Waals surface area contributed by atoms with Gasteiger partial charge < -0.3 is 0 Å². The fraction of sp³-hybridized carbons (Fsp3) is 0.455. The number of rotatable bonds is 3. The fourth-order valence-corrected chi connectivity index (χ4v) is 1.55. The van der Waals surface area contributed by atoms with Gasteiger partial charge in [0, 0.05) is 12.4 Å². The van der Waals surface area contributed by atoms with Crippen molar-refractivity contribution in [3.8, 4) is 6.07 Å². The molecule has 0 atom stereocenters. The van der Waals surface area contributed by atoms with Crippen LogP contribution in [-0.4, -0.2) is 4.98 Å². The van der Waals surface area contributed by atoms with Crippen LogP contribution in [0.15, 0.2) is 24.5 Å². The van der Waals surface area contributed by atoms with Crippen molar-refractivity contribution < 1.29 is 0 Å². The van der Waals surface area contributed by atoms with Gasteiger partial charge in [0.1, 0.15) is 0 Å². The molecule has 0 N–H and O–H groups in total. The van der Waals surface area contributed by atoms with Gasteiger partial charge in [-0.2, -0.15) is 5.26 Å². The highest BCUT2D eigenvalue weighted by molar-refractivity contribution is 5.29. The fourth-order valence-electron chi connectivity index (χ4n) is 1.55. The maximum absolute atomic E-state index is 9.16. The van der Waals surface area contributed by atoms with Crippen LogP contribution in [0.4, 0.5) is 0 Å². The molecule has 0 fully saturated rings. The lowest BCUT2D eigenvalue weighted by Gasteiger charge is -2.23. The lowest BCUT2D eigenvalue weighted by Crippen LogP contribution is -2.21. The Balaban J connectivity index is 3.10. The topological polar surface area (TPSA) is 36.7 Å². The molecule has 0 radical (unpaired) electrons. The van der Waals surface area contributed by atoms with Crippen LogP contribution in [0.5, 0.6) is 0 Å². The van der Waals surface area contributed by atoms with Crippen molar-refractivity contribution in [1.82, 2.24) is 4.98 Å². The third-order valence-electron chi connectivity index (χ3n) is 2.65. The van der Waals surface area contributed by atoms with Gasteiger partial charge >= 0.3 is 0 Å². The van der Waals surface area contributed by atoms with Gasteiger partial charge in [-0.05, 0) is 30.5 Å². The molecule has 1 rings (SSSR count). The van der Waals surface area contributed by atoms with Crippen LogP contribution in [0.1, 0.15) is 32.3 Å². The third-order valence-corrected chi connectivity index (χ3v) is 2.65. The summed E-state index contributed by atoms with van der Waals surface area (Å²) in [6.07, 6.45) is 5.19. The molecule has 13 heavy (non-hydrogen) atoms. The molecule has 0 bridgehead atoms. The normalized spacial score (nSPS) is 10.8. The molecule has 0 saturated heterocycles. The van der Waals surface area contributed by atoms with Gasteiger partial charge in [-0.15, -0.1) is 0 Å². The number of pyridine rings is 1. The Labute approximate surface area is 79.2 Å². The summed E-state index contributed by atoms with van der Waals surface area (Å²) in [4.78, 5) is 3.95. The summed E-state index contributed by atoms with van der Waals surface area (Å²) in [5.41, 5.74) is 0.762. The molecule has 0 amide bonds. The number of hydrogen-bond acceptors (Lipinski definition) is 2. The monoisotopic (exact) mass is 174 g/mol. The molecule has 0 aromatic carbocycles. The molecular weight excluding hydrogens is 160 g/mol. The Morgan fingerprint density at radius 2 is 1.85 bits per heavy atom. The lowest BCUT2D eigenvalue weighted by molar-refractivity contribution is 0.510. The molecule has 0 aliphatic carbocycles. The van der Waals surface area contributed by atoms with Crippen LogP contribution in [-0.2, 0) is 5.41 Å². The van der Waals surface area contributed by atoms with Crippen molar-refractivity contribution in [1.29, 1.82) is 5.26 Å². The van der Waals surface area contributed by atoms with Gasteiger partial charge in [0.05, 0.1) is 11.5 Å². The minimum atomic E-state index is -0.317. The van der Waals surface area contributed by atoms with Crippen LogP contribution in [0.25, 0.3) is 0 Å². The van der Waals surface area contributed by atoms with Gasteiger partial charge in [0.25, 0.3) is 0 Å². The molecule has 0 aliphatic heterocycles. The molecule has 1 heterocycles. The first-order chi connectivity index (χ1) is 6.29. The highest BCUT2D eigenvalue weighted by Gasteiger charge is 2.27. The van der Waals surface area contributed by atoms with E-state index in [1.165, 1.54) is 0 Å². The van der Waals surface area contributed by atoms with Crippen LogP contribution < -0.4 is 0 Å². The van der Waals surface area contributed by atoms with E-state index in [0.717, 1.165) is 18.4 Å². The van der Waals surface area contributed by atoms with E-state index >= 15 is 0 Å². The van der Waals surface area contributed by atoms with E-state index in [1.54, 1.807) is 12.4 Å². The van der Waals surface area contributed by atoms with Crippen LogP contribution in [0.2, 0.25) is 0 Å². The minimum absolute atomic E-state index is 0.317. The second kappa shape index (κ2) is 4.04. The first-order valence-electron chi connectivity index (χ1n) is 4.61. The average Bonchev–Trinajstić information content (AvgIpc) is 2.23. The Morgan fingerprint density at radius 3 is 2.23 bits per heavy atom. The van der Waals surface area contributed by atoms with E-state index in [9.17, 15) is 0 Å². The van der Waals surface area contributed by atoms with E-state index in [4.69, 9.17) is 5.26 Å². The smallest absolute Gasteiger partial charge is 0.0818 e. The largest absolute Gasteiger partial charge is 0.265 e. The SMILES string of the molecule is CCC(C#N)(CC)c1ccncc1. The molecule has 1 aromatic rings. The Bertz CT molecular complexity index is 294. The lowest BCUT2D eigenvalue weighted by atomic mass is 9.78. The zero-order valence-electron chi connectivity index (χ0n) is 8.12. The summed E-state index contributed by atoms with van der Waals surface area (Å²) < 4.78 is 0. The summed E-state index contributed by atoms with van der Waals surface area (Å²) in [5, 5.41) is 9.16. The van der Waals surface area contributed by atoms with E-state index in [2.05, 4.69) is 11.1 Å². The number of nitriles is 1. The summed E-state index contributed by atoms with van der Waals surface area (Å²) in [6.45, 7) is 4.10. The summed E-state index contributed by atoms with van der Waals surface area (Å²) in [7, 11) is 0. The van der Waals surface area contributed by atoms with Gasteiger partial charge in [0.2, 0.25) is 0 Å². The maximum atomic E-state index is 9.16. The molecule has 68 valence electrons. The summed E-state index contributed by atoms with van der Waals surface area (Å²) in [5.74, 6) is 0. The summed E-state index contributed by atoms with van der Waals surface area (Å²) in [6, 6.07) is 6.26. The van der Waals surface area contributed by atoms with Crippen molar-refractivity contribution in [2.75, 3.05) is 0 Å². The van der Waals surface area contributed by atoms with Crippen molar-refractivity contribution in [2.24, 2.45) is 0 Å². The molecule has 0 unspecified atom stereocenters.